The van der Waals surface area contributed by atoms with Gasteiger partial charge >= 0.3 is 5.97 Å². The fourth-order valence-corrected chi connectivity index (χ4v) is 5.59. The summed E-state index contributed by atoms with van der Waals surface area (Å²) in [5, 5.41) is 4.75. The third-order valence-electron chi connectivity index (χ3n) is 6.74. The summed E-state index contributed by atoms with van der Waals surface area (Å²) in [6.45, 7) is 3.66. The second-order valence-corrected chi connectivity index (χ2v) is 10.1. The molecule has 1 aromatic heterocycles. The molecule has 2 aliphatic rings. The van der Waals surface area contributed by atoms with Gasteiger partial charge in [-0.1, -0.05) is 23.9 Å². The molecular weight excluding hydrogens is 450 g/mol. The van der Waals surface area contributed by atoms with Gasteiger partial charge in [0.05, 0.1) is 13.5 Å². The van der Waals surface area contributed by atoms with Gasteiger partial charge in [0.2, 0.25) is 5.91 Å². The second-order valence-electron chi connectivity index (χ2n) is 9.00. The van der Waals surface area contributed by atoms with Crippen LogP contribution in [0.25, 0.3) is 0 Å². The van der Waals surface area contributed by atoms with Crippen molar-refractivity contribution in [2.75, 3.05) is 43.9 Å². The Balaban J connectivity index is 1.19. The van der Waals surface area contributed by atoms with Crippen LogP contribution < -0.4 is 10.2 Å². The zero-order chi connectivity index (χ0) is 23.9. The van der Waals surface area contributed by atoms with Crippen molar-refractivity contribution in [2.45, 2.75) is 49.3 Å². The number of methoxy groups -OCH3 is 1. The molecule has 2 aliphatic heterocycles. The van der Waals surface area contributed by atoms with Crippen molar-refractivity contribution in [3.8, 4) is 0 Å². The number of nitrogens with zero attached hydrogens (tertiary/aromatic N) is 4. The van der Waals surface area contributed by atoms with Crippen LogP contribution in [0.2, 0.25) is 0 Å². The molecular formula is C25H35N5O3S. The number of carbonyl (C=O) groups excluding carboxylic acids is 2. The third kappa shape index (κ3) is 6.13. The summed E-state index contributed by atoms with van der Waals surface area (Å²) in [5.74, 6) is 0.697. The number of benzene rings is 1. The van der Waals surface area contributed by atoms with Crippen LogP contribution >= 0.6 is 11.8 Å². The molecule has 0 aliphatic carbocycles. The zero-order valence-electron chi connectivity index (χ0n) is 20.1. The minimum Gasteiger partial charge on any atom is -0.467 e. The molecule has 184 valence electrons. The summed E-state index contributed by atoms with van der Waals surface area (Å²) >= 11 is 1.78. The Morgan fingerprint density at radius 2 is 1.91 bits per heavy atom. The lowest BCUT2D eigenvalue weighted by molar-refractivity contribution is -0.150. The van der Waals surface area contributed by atoms with Gasteiger partial charge in [-0.2, -0.15) is 0 Å². The number of amides is 1. The number of esters is 1. The van der Waals surface area contributed by atoms with Gasteiger partial charge in [0, 0.05) is 63.1 Å². The van der Waals surface area contributed by atoms with E-state index in [1.807, 2.05) is 31.6 Å². The standard InChI is InChI=1S/C25H35N5O3S/c1-28-16-11-27-25(28)34-17-12-26-20-9-14-29(15-10-20)21-7-5-19(6-8-21)18-23(31)30-13-3-4-22(30)24(32)33-2/h5-8,11,16,20,22,26H,3-4,9-10,12-15,17-18H2,1-2H3/t22-/m0/s1. The van der Waals surface area contributed by atoms with Crippen LogP contribution in [-0.2, 0) is 27.8 Å². The van der Waals surface area contributed by atoms with Gasteiger partial charge in [0.15, 0.2) is 5.16 Å². The number of ether oxygens (including phenoxy) is 1. The fourth-order valence-electron chi connectivity index (χ4n) is 4.79. The maximum absolute atomic E-state index is 12.8. The topological polar surface area (TPSA) is 79.7 Å². The lowest BCUT2D eigenvalue weighted by atomic mass is 10.0. The van der Waals surface area contributed by atoms with Crippen LogP contribution in [0.4, 0.5) is 5.69 Å². The molecule has 34 heavy (non-hydrogen) atoms. The predicted molar refractivity (Wildman–Crippen MR) is 134 cm³/mol. The number of carbonyl (C=O) groups is 2. The highest BCUT2D eigenvalue weighted by molar-refractivity contribution is 7.99. The van der Waals surface area contributed by atoms with Gasteiger partial charge in [-0.3, -0.25) is 4.79 Å². The Labute approximate surface area is 206 Å². The van der Waals surface area contributed by atoms with Gasteiger partial charge in [0.1, 0.15) is 6.04 Å². The first-order valence-electron chi connectivity index (χ1n) is 12.1. The number of piperidine rings is 1. The van der Waals surface area contributed by atoms with E-state index < -0.39 is 6.04 Å². The summed E-state index contributed by atoms with van der Waals surface area (Å²) in [4.78, 5) is 33.1. The van der Waals surface area contributed by atoms with Crippen molar-refractivity contribution < 1.29 is 14.3 Å². The average molecular weight is 486 g/mol. The van der Waals surface area contributed by atoms with E-state index in [0.29, 0.717) is 25.4 Å². The van der Waals surface area contributed by atoms with Gasteiger partial charge in [-0.15, -0.1) is 0 Å². The molecule has 0 bridgehead atoms. The molecule has 1 N–H and O–H groups in total. The molecule has 1 aromatic carbocycles. The SMILES string of the molecule is COC(=O)[C@@H]1CCCN1C(=O)Cc1ccc(N2CCC(NCCSc3nccn3C)CC2)cc1. The Morgan fingerprint density at radius 1 is 1.15 bits per heavy atom. The van der Waals surface area contributed by atoms with Crippen molar-refractivity contribution in [3.63, 3.8) is 0 Å². The summed E-state index contributed by atoms with van der Waals surface area (Å²) in [6, 6.07) is 8.42. The number of aryl methyl sites for hydroxylation is 1. The maximum Gasteiger partial charge on any atom is 0.328 e. The Kier molecular flexibility index (Phi) is 8.50. The number of imidazole rings is 1. The van der Waals surface area contributed by atoms with E-state index >= 15 is 0 Å². The minimum atomic E-state index is -0.430. The first-order valence-corrected chi connectivity index (χ1v) is 13.1. The molecule has 0 saturated carbocycles. The van der Waals surface area contributed by atoms with E-state index in [-0.39, 0.29) is 11.9 Å². The predicted octanol–water partition coefficient (Wildman–Crippen LogP) is 2.48. The highest BCUT2D eigenvalue weighted by atomic mass is 32.2. The molecule has 2 saturated heterocycles. The van der Waals surface area contributed by atoms with E-state index in [9.17, 15) is 9.59 Å². The van der Waals surface area contributed by atoms with E-state index in [1.165, 1.54) is 12.8 Å². The normalized spacial score (nSPS) is 18.9. The Morgan fingerprint density at radius 3 is 2.59 bits per heavy atom. The number of hydrogen-bond donors (Lipinski definition) is 1. The minimum absolute atomic E-state index is 0.00591. The first kappa shape index (κ1) is 24.6. The van der Waals surface area contributed by atoms with Gasteiger partial charge < -0.3 is 24.4 Å². The second kappa shape index (κ2) is 11.8. The molecule has 1 amide bonds. The summed E-state index contributed by atoms with van der Waals surface area (Å²) in [7, 11) is 3.40. The molecule has 0 spiro atoms. The molecule has 4 rings (SSSR count). The van der Waals surface area contributed by atoms with Crippen molar-refractivity contribution in [3.05, 3.63) is 42.2 Å². The average Bonchev–Trinajstić information content (AvgIpc) is 3.51. The number of thioether (sulfide) groups is 1. The summed E-state index contributed by atoms with van der Waals surface area (Å²) in [5.41, 5.74) is 2.18. The lowest BCUT2D eigenvalue weighted by Gasteiger charge is -2.34. The Bertz CT molecular complexity index is 956. The van der Waals surface area contributed by atoms with Crippen LogP contribution in [-0.4, -0.2) is 77.5 Å². The molecule has 2 aromatic rings. The highest BCUT2D eigenvalue weighted by Gasteiger charge is 2.34. The van der Waals surface area contributed by atoms with Gasteiger partial charge in [-0.25, -0.2) is 9.78 Å². The van der Waals surface area contributed by atoms with Crippen molar-refractivity contribution in [1.82, 2.24) is 19.8 Å². The summed E-state index contributed by atoms with van der Waals surface area (Å²) in [6.07, 6.45) is 7.90. The molecule has 2 fully saturated rings. The van der Waals surface area contributed by atoms with E-state index in [1.54, 1.807) is 16.7 Å². The number of hydrogen-bond acceptors (Lipinski definition) is 7. The number of anilines is 1. The van der Waals surface area contributed by atoms with Crippen LogP contribution in [0.3, 0.4) is 0 Å². The number of rotatable bonds is 9. The van der Waals surface area contributed by atoms with Crippen molar-refractivity contribution in [2.24, 2.45) is 7.05 Å². The number of aromatic nitrogens is 2. The zero-order valence-corrected chi connectivity index (χ0v) is 20.9. The first-order chi connectivity index (χ1) is 16.5. The molecule has 0 radical (unpaired) electrons. The maximum atomic E-state index is 12.8. The van der Waals surface area contributed by atoms with E-state index in [0.717, 1.165) is 55.4 Å². The van der Waals surface area contributed by atoms with Crippen molar-refractivity contribution in [1.29, 1.82) is 0 Å². The molecule has 3 heterocycles. The van der Waals surface area contributed by atoms with E-state index in [4.69, 9.17) is 4.74 Å². The van der Waals surface area contributed by atoms with Crippen LogP contribution in [0.15, 0.2) is 41.8 Å². The number of nitrogens with one attached hydrogen (secondary N) is 1. The van der Waals surface area contributed by atoms with E-state index in [2.05, 4.69) is 31.9 Å². The monoisotopic (exact) mass is 485 g/mol. The smallest absolute Gasteiger partial charge is 0.328 e. The lowest BCUT2D eigenvalue weighted by Crippen LogP contribution is -2.43. The molecule has 0 unspecified atom stereocenters. The number of likely N-dealkylation sites (tertiary alicyclic amines) is 1. The summed E-state index contributed by atoms with van der Waals surface area (Å²) < 4.78 is 6.91. The van der Waals surface area contributed by atoms with Crippen molar-refractivity contribution >= 4 is 29.3 Å². The Hall–Kier alpha value is -2.52. The van der Waals surface area contributed by atoms with Gasteiger partial charge in [0.25, 0.3) is 0 Å². The molecule has 9 heteroatoms. The quantitative estimate of drug-likeness (QED) is 0.332. The molecule has 1 atom stereocenters. The highest BCUT2D eigenvalue weighted by Crippen LogP contribution is 2.23. The molecule has 8 nitrogen and oxygen atoms in total. The fraction of sp³-hybridized carbons (Fsp3) is 0.560. The third-order valence-corrected chi connectivity index (χ3v) is 7.80. The van der Waals surface area contributed by atoms with Crippen LogP contribution in [0.5, 0.6) is 0 Å². The van der Waals surface area contributed by atoms with Crippen LogP contribution in [0.1, 0.15) is 31.2 Å². The van der Waals surface area contributed by atoms with Crippen LogP contribution in [0, 0.1) is 0 Å². The van der Waals surface area contributed by atoms with Gasteiger partial charge in [-0.05, 0) is 43.4 Å². The largest absolute Gasteiger partial charge is 0.467 e.